The van der Waals surface area contributed by atoms with Gasteiger partial charge in [-0.2, -0.15) is 0 Å². The van der Waals surface area contributed by atoms with E-state index in [4.69, 9.17) is 26.2 Å². The second kappa shape index (κ2) is 36.3. The van der Waals surface area contributed by atoms with Crippen LogP contribution in [0.2, 0.25) is 5.28 Å². The van der Waals surface area contributed by atoms with E-state index >= 15 is 0 Å². The highest BCUT2D eigenvalue weighted by atomic mass is 35.5. The largest absolute Gasteiger partial charge is 1.00 e. The molecular formula is C72H92ClN16O7S4+. The van der Waals surface area contributed by atoms with E-state index in [9.17, 15) is 19.2 Å². The molecule has 28 heteroatoms. The van der Waals surface area contributed by atoms with Gasteiger partial charge in [0.1, 0.15) is 30.5 Å². The van der Waals surface area contributed by atoms with Crippen molar-refractivity contribution in [2.45, 2.75) is 105 Å². The lowest BCUT2D eigenvalue weighted by Gasteiger charge is -2.35. The number of fused-ring (bicyclic) bond motifs is 4. The molecule has 532 valence electrons. The van der Waals surface area contributed by atoms with E-state index in [-0.39, 0.29) is 31.5 Å². The van der Waals surface area contributed by atoms with Gasteiger partial charge in [-0.3, -0.25) is 9.59 Å². The van der Waals surface area contributed by atoms with E-state index in [2.05, 4.69) is 129 Å². The van der Waals surface area contributed by atoms with Crippen LogP contribution in [0.15, 0.2) is 119 Å². The Hall–Kier alpha value is -8.31. The van der Waals surface area contributed by atoms with Gasteiger partial charge in [-0.25, -0.2) is 49.5 Å². The van der Waals surface area contributed by atoms with Crippen molar-refractivity contribution in [3.8, 4) is 0 Å². The molecule has 0 saturated carbocycles. The number of ether oxygens (including phenoxy) is 2. The monoisotopic (exact) mass is 1460 g/mol. The number of hydrogen-bond donors (Lipinski definition) is 3. The van der Waals surface area contributed by atoms with Crippen LogP contribution in [0.5, 0.6) is 0 Å². The van der Waals surface area contributed by atoms with Crippen LogP contribution in [0.1, 0.15) is 105 Å². The molecule has 0 unspecified atom stereocenters. The summed E-state index contributed by atoms with van der Waals surface area (Å²) in [6, 6.07) is 24.2. The quantitative estimate of drug-likeness (QED) is 0.114. The highest BCUT2D eigenvalue weighted by molar-refractivity contribution is 7.17. The molecule has 0 bridgehead atoms. The number of nitrogens with one attached hydrogen (secondary N) is 2. The smallest absolute Gasteiger partial charge is 0.481 e. The van der Waals surface area contributed by atoms with Gasteiger partial charge in [0.2, 0.25) is 29.0 Å². The third-order valence-electron chi connectivity index (χ3n) is 16.1. The number of piperazine rings is 4. The number of thiophene rings is 4. The number of nitrogens with zero attached hydrogens (tertiary/aromatic N) is 14. The van der Waals surface area contributed by atoms with Crippen LogP contribution in [-0.2, 0) is 31.9 Å². The summed E-state index contributed by atoms with van der Waals surface area (Å²) >= 11 is 12.0. The molecule has 4 saturated heterocycles. The molecule has 0 aliphatic carbocycles. The number of benzene rings is 2. The maximum Gasteiger partial charge on any atom is 1.00 e. The Labute approximate surface area is 607 Å². The van der Waals surface area contributed by atoms with Gasteiger partial charge in [0.05, 0.1) is 12.8 Å². The van der Waals surface area contributed by atoms with Crippen molar-refractivity contribution in [1.29, 1.82) is 0 Å². The molecule has 4 aliphatic heterocycles. The number of carboxylic acids is 1. The van der Waals surface area contributed by atoms with Gasteiger partial charge >= 0.3 is 19.6 Å². The van der Waals surface area contributed by atoms with Gasteiger partial charge in [-0.05, 0) is 133 Å². The number of amides is 3. The highest BCUT2D eigenvalue weighted by Crippen LogP contribution is 2.26. The summed E-state index contributed by atoms with van der Waals surface area (Å²) in [7, 11) is 0. The predicted molar refractivity (Wildman–Crippen MR) is 406 cm³/mol. The molecule has 0 atom stereocenters. The minimum absolute atomic E-state index is 0. The van der Waals surface area contributed by atoms with Gasteiger partial charge in [0.25, 0.3) is 0 Å². The summed E-state index contributed by atoms with van der Waals surface area (Å²) in [5.74, 6) is 2.79. The highest BCUT2D eigenvalue weighted by Gasteiger charge is 2.28. The minimum Gasteiger partial charge on any atom is -0.481 e. The Bertz CT molecular complexity index is 4230. The third kappa shape index (κ3) is 23.4. The van der Waals surface area contributed by atoms with Crippen LogP contribution >= 0.6 is 56.9 Å². The topological polar surface area (TPSA) is 254 Å². The summed E-state index contributed by atoms with van der Waals surface area (Å²) < 4.78 is 10.6. The number of aliphatic carboxylic acids is 1. The van der Waals surface area contributed by atoms with E-state index in [0.29, 0.717) is 36.6 Å². The van der Waals surface area contributed by atoms with Gasteiger partial charge in [-0.1, -0.05) is 76.2 Å². The molecule has 10 aromatic rings. The fraction of sp³-hybridized carbons (Fsp3) is 0.444. The van der Waals surface area contributed by atoms with Crippen LogP contribution in [0.4, 0.5) is 27.4 Å². The number of carbonyl (C=O) groups is 4. The Morgan fingerprint density at radius 2 is 0.790 bits per heavy atom. The van der Waals surface area contributed by atoms with Crippen molar-refractivity contribution in [2.24, 2.45) is 0 Å². The summed E-state index contributed by atoms with van der Waals surface area (Å²) in [5, 5.41) is 27.8. The Balaban J connectivity index is 0.000000159. The molecule has 0 spiro atoms. The molecule has 3 N–H and O–H groups in total. The molecule has 4 aliphatic rings. The number of carbonyl (C=O) groups excluding carboxylic acids is 3. The Kier molecular flexibility index (Phi) is 27.6. The van der Waals surface area contributed by atoms with Crippen LogP contribution in [0, 0.1) is 0 Å². The molecule has 0 radical (unpaired) electrons. The number of halogens is 1. The summed E-state index contributed by atoms with van der Waals surface area (Å²) in [4.78, 5) is 97.5. The van der Waals surface area contributed by atoms with E-state index in [0.717, 1.165) is 161 Å². The second-order valence-corrected chi connectivity index (χ2v) is 30.6. The predicted octanol–water partition coefficient (Wildman–Crippen LogP) is 13.3. The van der Waals surface area contributed by atoms with Crippen molar-refractivity contribution < 1.29 is 35.2 Å². The van der Waals surface area contributed by atoms with Crippen molar-refractivity contribution in [3.05, 3.63) is 147 Å². The second-order valence-electron chi connectivity index (χ2n) is 26.7. The summed E-state index contributed by atoms with van der Waals surface area (Å²) in [5.41, 5.74) is 3.65. The fourth-order valence-electron chi connectivity index (χ4n) is 10.5. The van der Waals surface area contributed by atoms with Crippen molar-refractivity contribution in [3.63, 3.8) is 0 Å². The van der Waals surface area contributed by atoms with Crippen molar-refractivity contribution in [1.82, 2.24) is 65.2 Å². The maximum atomic E-state index is 12.6. The lowest BCUT2D eigenvalue weighted by Crippen LogP contribution is -2.50. The zero-order valence-corrected chi connectivity index (χ0v) is 62.6. The van der Waals surface area contributed by atoms with Gasteiger partial charge in [0.15, 0.2) is 0 Å². The van der Waals surface area contributed by atoms with Crippen LogP contribution < -0.4 is 25.3 Å². The third-order valence-corrected chi connectivity index (χ3v) is 19.5. The minimum atomic E-state index is -0.780. The first-order chi connectivity index (χ1) is 47.9. The number of aromatic nitrogens is 8. The fourth-order valence-corrected chi connectivity index (χ4v) is 13.7. The molecular weight excluding hydrogens is 1360 g/mol. The van der Waals surface area contributed by atoms with Crippen LogP contribution in [0.3, 0.4) is 0 Å². The molecule has 12 heterocycles. The van der Waals surface area contributed by atoms with E-state index in [1.165, 1.54) is 11.1 Å². The Morgan fingerprint density at radius 1 is 0.460 bits per heavy atom. The normalized spacial score (nSPS) is 15.0. The lowest BCUT2D eigenvalue weighted by molar-refractivity contribution is -0.136. The first-order valence-corrected chi connectivity index (χ1v) is 37.6. The number of anilines is 3. The van der Waals surface area contributed by atoms with Gasteiger partial charge in [0, 0.05) is 151 Å². The molecule has 2 aromatic carbocycles. The van der Waals surface area contributed by atoms with E-state index in [1.54, 1.807) is 61.3 Å². The molecule has 4 fully saturated rings. The van der Waals surface area contributed by atoms with E-state index < -0.39 is 11.6 Å². The van der Waals surface area contributed by atoms with Crippen LogP contribution in [-0.4, -0.2) is 200 Å². The first kappa shape index (κ1) is 75.9. The molecule has 100 heavy (non-hydrogen) atoms. The van der Waals surface area contributed by atoms with E-state index in [1.807, 2.05) is 124 Å². The van der Waals surface area contributed by atoms with Crippen molar-refractivity contribution in [2.75, 3.05) is 119 Å². The SMILES string of the molecule is CC(C)(C)OC(=O)N1CCN(c2ncc3ccsc3n2)CC1.CC(C)(C)OC(=O)N1CCNCC1.CC(C)c1ccc(CC(=O)N2CCN(c3ncc4ccsc4n3)CC2)cc1.CC(C)c1ccc(CC(=O)O)cc1.Clc1ncc2ccsc2n1.[H+].c1cc2cnc(N3CCNCC3)nc2s1. The number of carboxylic acid groups (broad SMARTS) is 1. The molecule has 8 aromatic heterocycles. The van der Waals surface area contributed by atoms with Gasteiger partial charge < -0.3 is 54.6 Å². The molecule has 14 rings (SSSR count). The summed E-state index contributed by atoms with van der Waals surface area (Å²) in [6.45, 7) is 32.8. The summed E-state index contributed by atoms with van der Waals surface area (Å²) in [6.07, 6.45) is 7.50. The average molecular weight is 1460 g/mol. The maximum absolute atomic E-state index is 12.6. The zero-order chi connectivity index (χ0) is 71.3. The van der Waals surface area contributed by atoms with Crippen LogP contribution in [0.25, 0.3) is 40.9 Å². The lowest BCUT2D eigenvalue weighted by atomic mass is 10.0. The first-order valence-electron chi connectivity index (χ1n) is 33.7. The Morgan fingerprint density at radius 3 is 1.16 bits per heavy atom. The standard InChI is InChI=1S/C21H24N4OS.C15H20N4O2S.C11H14O2.C10H12N4S.C9H18N2O2.C6H3ClN2S/c1-15(2)17-5-3-16(4-6-17)13-19(26)24-8-10-25(11-9-24)21-22-14-18-7-12-27-20(18)23-21;1-15(2,3)21-14(20)19-7-5-18(6-8-19)13-16-10-11-4-9-22-12(11)17-13;1-8(2)10-5-3-9(4-6-10)7-11(12)13;1-6-15-9-8(1)7-12-10(13-9)14-4-2-11-3-5-14;1-9(2,3)13-8(12)11-6-4-10-5-7-11;7-6-8-3-4-1-2-10-5(4)9-6/h3-7,12,14-15H,8-11,13H2,1-2H3;4,9-10H,5-8H2,1-3H3;3-6,8H,7H2,1-2H3,(H,12,13);1,6-7,11H,2-5H2;10H,4-7H2,1-3H3;1-3H/p+1. The number of hydrogen-bond acceptors (Lipinski definition) is 23. The average Bonchev–Trinajstić information content (AvgIpc) is 1.80. The molecule has 3 amide bonds. The van der Waals surface area contributed by atoms with Gasteiger partial charge in [-0.15, -0.1) is 45.3 Å². The molecule has 23 nitrogen and oxygen atoms in total. The zero-order valence-electron chi connectivity index (χ0n) is 59.6. The van der Waals surface area contributed by atoms with Crippen molar-refractivity contribution >= 4 is 140 Å². The number of rotatable bonds is 9.